The molecule has 186 valence electrons. The number of aliphatic hydroxyl groups is 1. The fraction of sp³-hybridized carbons (Fsp3) is 0.591. The highest BCUT2D eigenvalue weighted by Gasteiger charge is 2.71. The van der Waals surface area contributed by atoms with E-state index in [2.05, 4.69) is 0 Å². The van der Waals surface area contributed by atoms with Crippen LogP contribution in [-0.4, -0.2) is 59.7 Å². The van der Waals surface area contributed by atoms with Crippen LogP contribution in [0.15, 0.2) is 24.3 Å². The summed E-state index contributed by atoms with van der Waals surface area (Å²) in [5, 5.41) is 9.74. The Balaban J connectivity index is 2.41. The summed E-state index contributed by atoms with van der Waals surface area (Å²) in [6, 6.07) is 2.16. The van der Waals surface area contributed by atoms with Gasteiger partial charge in [0.05, 0.1) is 0 Å². The topological polar surface area (TPSA) is 53.0 Å². The van der Waals surface area contributed by atoms with Crippen molar-refractivity contribution >= 4 is 17.9 Å². The molecule has 1 heterocycles. The first-order chi connectivity index (χ1) is 14.9. The lowest BCUT2D eigenvalue weighted by molar-refractivity contribution is -0.376. The molecule has 11 heteroatoms. The predicted molar refractivity (Wildman–Crippen MR) is 112 cm³/mol. The van der Waals surface area contributed by atoms with Crippen molar-refractivity contribution in [2.75, 3.05) is 24.5 Å². The summed E-state index contributed by atoms with van der Waals surface area (Å²) >= 11 is 0. The van der Waals surface area contributed by atoms with Gasteiger partial charge in [0.25, 0.3) is 5.60 Å². The molecule has 33 heavy (non-hydrogen) atoms. The Hall–Kier alpha value is -2.43. The Labute approximate surface area is 188 Å². The first-order valence-corrected chi connectivity index (χ1v) is 10.3. The number of hydrogen-bond acceptors (Lipinski definition) is 4. The van der Waals surface area contributed by atoms with Gasteiger partial charge in [-0.15, -0.1) is 0 Å². The summed E-state index contributed by atoms with van der Waals surface area (Å²) in [7, 11) is 0. The molecular weight excluding hydrogens is 454 g/mol. The van der Waals surface area contributed by atoms with E-state index in [4.69, 9.17) is 4.74 Å². The SMILES string of the molecule is C/C=C\c1cc(C(O)(C(F)(F)F)C(F)(F)F)ccc1N1CCN(C(=O)OC(C)(C)C)C[C@@H]1C. The van der Waals surface area contributed by atoms with Crippen molar-refractivity contribution in [3.8, 4) is 0 Å². The maximum atomic E-state index is 13.3. The van der Waals surface area contributed by atoms with Gasteiger partial charge in [-0.2, -0.15) is 26.3 Å². The molecule has 1 aliphatic heterocycles. The Morgan fingerprint density at radius 1 is 1.09 bits per heavy atom. The van der Waals surface area contributed by atoms with Gasteiger partial charge in [0.15, 0.2) is 0 Å². The number of halogens is 6. The zero-order valence-electron chi connectivity index (χ0n) is 19.0. The number of amides is 1. The molecule has 0 unspecified atom stereocenters. The van der Waals surface area contributed by atoms with Crippen LogP contribution >= 0.6 is 0 Å². The summed E-state index contributed by atoms with van der Waals surface area (Å²) in [5.74, 6) is 0. The molecule has 1 aromatic rings. The third-order valence-corrected chi connectivity index (χ3v) is 5.20. The van der Waals surface area contributed by atoms with E-state index in [0.29, 0.717) is 17.8 Å². The number of piperazine rings is 1. The zero-order valence-corrected chi connectivity index (χ0v) is 19.0. The highest BCUT2D eigenvalue weighted by atomic mass is 19.4. The second-order valence-electron chi connectivity index (χ2n) is 8.95. The van der Waals surface area contributed by atoms with Crippen LogP contribution in [-0.2, 0) is 10.3 Å². The second kappa shape index (κ2) is 9.08. The molecule has 0 saturated carbocycles. The quantitative estimate of drug-likeness (QED) is 0.580. The maximum absolute atomic E-state index is 13.3. The monoisotopic (exact) mass is 482 g/mol. The largest absolute Gasteiger partial charge is 0.444 e. The molecule has 0 spiro atoms. The summed E-state index contributed by atoms with van der Waals surface area (Å²) in [4.78, 5) is 15.6. The molecule has 1 amide bonds. The van der Waals surface area contributed by atoms with E-state index in [1.165, 1.54) is 17.1 Å². The first kappa shape index (κ1) is 26.8. The average molecular weight is 482 g/mol. The molecule has 1 aliphatic rings. The number of hydrogen-bond donors (Lipinski definition) is 1. The van der Waals surface area contributed by atoms with Gasteiger partial charge >= 0.3 is 18.4 Å². The minimum absolute atomic E-state index is 0.0829. The van der Waals surface area contributed by atoms with Gasteiger partial charge in [0, 0.05) is 36.9 Å². The van der Waals surface area contributed by atoms with Crippen molar-refractivity contribution in [3.05, 3.63) is 35.4 Å². The van der Waals surface area contributed by atoms with E-state index in [1.807, 2.05) is 0 Å². The van der Waals surface area contributed by atoms with Gasteiger partial charge < -0.3 is 19.6 Å². The van der Waals surface area contributed by atoms with E-state index in [0.717, 1.165) is 6.07 Å². The highest BCUT2D eigenvalue weighted by Crippen LogP contribution is 2.50. The molecule has 5 nitrogen and oxygen atoms in total. The Morgan fingerprint density at radius 3 is 2.12 bits per heavy atom. The Bertz CT molecular complexity index is 876. The lowest BCUT2D eigenvalue weighted by atomic mass is 9.90. The molecule has 0 aromatic heterocycles. The van der Waals surface area contributed by atoms with E-state index in [-0.39, 0.29) is 31.2 Å². The zero-order chi connectivity index (χ0) is 25.4. The van der Waals surface area contributed by atoms with E-state index < -0.39 is 35.2 Å². The number of rotatable bonds is 3. The van der Waals surface area contributed by atoms with Crippen molar-refractivity contribution in [3.63, 3.8) is 0 Å². The molecule has 2 rings (SSSR count). The highest BCUT2D eigenvalue weighted by molar-refractivity contribution is 5.71. The molecule has 1 fully saturated rings. The number of carbonyl (C=O) groups excluding carboxylic acids is 1. The molecular formula is C22H28F6N2O3. The van der Waals surface area contributed by atoms with Crippen LogP contribution in [0.4, 0.5) is 36.8 Å². The second-order valence-corrected chi connectivity index (χ2v) is 8.95. The number of carbonyl (C=O) groups is 1. The Morgan fingerprint density at radius 2 is 1.67 bits per heavy atom. The minimum Gasteiger partial charge on any atom is -0.444 e. The van der Waals surface area contributed by atoms with Gasteiger partial charge in [-0.25, -0.2) is 4.79 Å². The van der Waals surface area contributed by atoms with Gasteiger partial charge in [-0.05, 0) is 52.3 Å². The van der Waals surface area contributed by atoms with E-state index in [9.17, 15) is 36.2 Å². The summed E-state index contributed by atoms with van der Waals surface area (Å²) in [6.07, 6.45) is -9.58. The van der Waals surface area contributed by atoms with Gasteiger partial charge in [-0.1, -0.05) is 18.2 Å². The summed E-state index contributed by atoms with van der Waals surface area (Å²) in [5.41, 5.74) is -6.53. The fourth-order valence-corrected chi connectivity index (χ4v) is 3.65. The number of ether oxygens (including phenoxy) is 1. The van der Waals surface area contributed by atoms with Crippen molar-refractivity contribution in [2.24, 2.45) is 0 Å². The van der Waals surface area contributed by atoms with E-state index >= 15 is 0 Å². The molecule has 0 bridgehead atoms. The summed E-state index contributed by atoms with van der Waals surface area (Å²) in [6.45, 7) is 9.35. The van der Waals surface area contributed by atoms with Crippen LogP contribution in [0.2, 0.25) is 0 Å². The summed E-state index contributed by atoms with van der Waals surface area (Å²) < 4.78 is 85.2. The first-order valence-electron chi connectivity index (χ1n) is 10.3. The van der Waals surface area contributed by atoms with Crippen LogP contribution in [0.3, 0.4) is 0 Å². The lowest BCUT2D eigenvalue weighted by Gasteiger charge is -2.42. The number of nitrogens with zero attached hydrogens (tertiary/aromatic N) is 2. The normalized spacial score (nSPS) is 18.7. The average Bonchev–Trinajstić information content (AvgIpc) is 2.64. The molecule has 0 aliphatic carbocycles. The molecule has 1 N–H and O–H groups in total. The third-order valence-electron chi connectivity index (χ3n) is 5.20. The van der Waals surface area contributed by atoms with Gasteiger partial charge in [0.1, 0.15) is 5.60 Å². The van der Waals surface area contributed by atoms with Crippen molar-refractivity contribution in [2.45, 2.75) is 64.2 Å². The molecule has 1 aromatic carbocycles. The van der Waals surface area contributed by atoms with Gasteiger partial charge in [0.2, 0.25) is 0 Å². The number of alkyl halides is 6. The van der Waals surface area contributed by atoms with Crippen LogP contribution in [0.25, 0.3) is 6.08 Å². The maximum Gasteiger partial charge on any atom is 0.430 e. The standard InChI is InChI=1S/C22H28F6N2O3/c1-6-7-15-12-16(20(32,21(23,24)25)22(26,27)28)8-9-17(15)30-11-10-29(13-14(30)2)18(31)33-19(3,4)5/h6-9,12,14,32H,10-11,13H2,1-5H3/b7-6-/t14-/m0/s1. The van der Waals surface area contributed by atoms with Gasteiger partial charge in [-0.3, -0.25) is 0 Å². The predicted octanol–water partition coefficient (Wildman–Crippen LogP) is 5.48. The van der Waals surface area contributed by atoms with Crippen LogP contribution < -0.4 is 4.90 Å². The number of allylic oxidation sites excluding steroid dienone is 1. The molecule has 1 atom stereocenters. The van der Waals surface area contributed by atoms with Crippen molar-refractivity contribution in [1.82, 2.24) is 4.90 Å². The van der Waals surface area contributed by atoms with Crippen LogP contribution in [0.1, 0.15) is 45.7 Å². The third kappa shape index (κ3) is 5.56. The fourth-order valence-electron chi connectivity index (χ4n) is 3.65. The van der Waals surface area contributed by atoms with Crippen LogP contribution in [0, 0.1) is 0 Å². The van der Waals surface area contributed by atoms with E-state index in [1.54, 1.807) is 39.5 Å². The number of anilines is 1. The minimum atomic E-state index is -5.97. The van der Waals surface area contributed by atoms with Crippen LogP contribution in [0.5, 0.6) is 0 Å². The Kier molecular flexibility index (Phi) is 7.38. The van der Waals surface area contributed by atoms with Crippen molar-refractivity contribution in [1.29, 1.82) is 0 Å². The molecule has 1 saturated heterocycles. The lowest BCUT2D eigenvalue weighted by Crippen LogP contribution is -2.55. The number of benzene rings is 1. The van der Waals surface area contributed by atoms with Crippen molar-refractivity contribution < 1.29 is 41.0 Å². The smallest absolute Gasteiger partial charge is 0.430 e. The molecule has 0 radical (unpaired) electrons.